The van der Waals surface area contributed by atoms with E-state index < -0.39 is 0 Å². The number of ether oxygens (including phenoxy) is 1. The number of pyridine rings is 2. The van der Waals surface area contributed by atoms with Gasteiger partial charge in [0.1, 0.15) is 0 Å². The van der Waals surface area contributed by atoms with Crippen LogP contribution in [-0.2, 0) is 13.6 Å². The molecule has 0 bridgehead atoms. The topological polar surface area (TPSA) is 81.9 Å². The number of aryl methyl sites for hydroxylation is 1. The largest absolute Gasteiger partial charge is 0.481 e. The standard InChI is InChI=1S/C21H19N5O2/c1-26-21(28-2)17-6-5-15(12-18(17)25-26)20(27)24-13-16-4-3-9-23-19(16)14-7-10-22-11-8-14/h3-12H,13H2,1-2H3,(H,24,27). The van der Waals surface area contributed by atoms with Crippen LogP contribution in [0.3, 0.4) is 0 Å². The highest BCUT2D eigenvalue weighted by Gasteiger charge is 2.13. The number of nitrogens with zero attached hydrogens (tertiary/aromatic N) is 4. The minimum absolute atomic E-state index is 0.170. The molecule has 0 saturated heterocycles. The van der Waals surface area contributed by atoms with Crippen molar-refractivity contribution in [3.05, 3.63) is 72.2 Å². The van der Waals surface area contributed by atoms with Gasteiger partial charge in [-0.1, -0.05) is 6.07 Å². The molecule has 0 aliphatic heterocycles. The van der Waals surface area contributed by atoms with Crippen LogP contribution in [0, 0.1) is 0 Å². The van der Waals surface area contributed by atoms with E-state index in [1.54, 1.807) is 42.5 Å². The molecule has 0 aliphatic rings. The Kier molecular flexibility index (Phi) is 4.72. The molecule has 1 N–H and O–H groups in total. The van der Waals surface area contributed by atoms with E-state index in [0.29, 0.717) is 23.5 Å². The lowest BCUT2D eigenvalue weighted by atomic mass is 10.1. The molecule has 3 aromatic heterocycles. The number of nitrogens with one attached hydrogen (secondary N) is 1. The Balaban J connectivity index is 1.55. The SMILES string of the molecule is COc1c2ccc(C(=O)NCc3cccnc3-c3ccncc3)cc2nn1C. The van der Waals surface area contributed by atoms with Crippen molar-refractivity contribution in [3.8, 4) is 17.1 Å². The lowest BCUT2D eigenvalue weighted by Crippen LogP contribution is -2.23. The van der Waals surface area contributed by atoms with Gasteiger partial charge in [0.05, 0.1) is 23.7 Å². The van der Waals surface area contributed by atoms with Crippen molar-refractivity contribution >= 4 is 16.8 Å². The summed E-state index contributed by atoms with van der Waals surface area (Å²) < 4.78 is 7.00. The molecule has 0 fully saturated rings. The van der Waals surface area contributed by atoms with Gasteiger partial charge in [-0.3, -0.25) is 14.8 Å². The van der Waals surface area contributed by atoms with Gasteiger partial charge < -0.3 is 10.1 Å². The Morgan fingerprint density at radius 2 is 1.96 bits per heavy atom. The van der Waals surface area contributed by atoms with E-state index in [1.807, 2.05) is 37.4 Å². The summed E-state index contributed by atoms with van der Waals surface area (Å²) in [4.78, 5) is 21.2. The van der Waals surface area contributed by atoms with Crippen molar-refractivity contribution in [1.82, 2.24) is 25.1 Å². The molecule has 0 aliphatic carbocycles. The molecule has 4 rings (SSSR count). The molecule has 1 amide bonds. The Morgan fingerprint density at radius 1 is 1.14 bits per heavy atom. The number of rotatable bonds is 5. The average Bonchev–Trinajstić information content (AvgIpc) is 3.06. The number of carbonyl (C=O) groups excluding carboxylic acids is 1. The highest BCUT2D eigenvalue weighted by molar-refractivity contribution is 5.98. The van der Waals surface area contributed by atoms with Gasteiger partial charge in [0.25, 0.3) is 5.91 Å². The van der Waals surface area contributed by atoms with Crippen LogP contribution >= 0.6 is 0 Å². The van der Waals surface area contributed by atoms with Crippen LogP contribution in [0.4, 0.5) is 0 Å². The van der Waals surface area contributed by atoms with Crippen molar-refractivity contribution in [2.45, 2.75) is 6.54 Å². The lowest BCUT2D eigenvalue weighted by molar-refractivity contribution is 0.0951. The molecule has 0 atom stereocenters. The van der Waals surface area contributed by atoms with E-state index in [1.165, 1.54) is 0 Å². The Labute approximate surface area is 162 Å². The smallest absolute Gasteiger partial charge is 0.251 e. The number of amides is 1. The van der Waals surface area contributed by atoms with Gasteiger partial charge >= 0.3 is 0 Å². The first-order chi connectivity index (χ1) is 13.7. The van der Waals surface area contributed by atoms with Crippen molar-refractivity contribution in [2.24, 2.45) is 7.05 Å². The summed E-state index contributed by atoms with van der Waals surface area (Å²) in [6.07, 6.45) is 5.19. The molecule has 7 heteroatoms. The fraction of sp³-hybridized carbons (Fsp3) is 0.143. The summed E-state index contributed by atoms with van der Waals surface area (Å²) in [5.41, 5.74) is 3.98. The van der Waals surface area contributed by atoms with E-state index in [9.17, 15) is 4.79 Å². The number of benzene rings is 1. The molecule has 0 unspecified atom stereocenters. The molecule has 140 valence electrons. The second kappa shape index (κ2) is 7.48. The number of hydrogen-bond donors (Lipinski definition) is 1. The number of carbonyl (C=O) groups is 1. The Bertz CT molecular complexity index is 1140. The number of fused-ring (bicyclic) bond motifs is 1. The van der Waals surface area contributed by atoms with Crippen LogP contribution in [0.15, 0.2) is 61.1 Å². The van der Waals surface area contributed by atoms with E-state index in [-0.39, 0.29) is 5.91 Å². The van der Waals surface area contributed by atoms with Gasteiger partial charge in [-0.2, -0.15) is 5.10 Å². The zero-order chi connectivity index (χ0) is 19.5. The summed E-state index contributed by atoms with van der Waals surface area (Å²) in [7, 11) is 3.41. The maximum atomic E-state index is 12.7. The third kappa shape index (κ3) is 3.29. The summed E-state index contributed by atoms with van der Waals surface area (Å²) in [5.74, 6) is 0.496. The monoisotopic (exact) mass is 373 g/mol. The molecule has 0 spiro atoms. The van der Waals surface area contributed by atoms with Gasteiger partial charge in [-0.15, -0.1) is 0 Å². The van der Waals surface area contributed by atoms with Gasteiger partial charge in [-0.05, 0) is 42.0 Å². The summed E-state index contributed by atoms with van der Waals surface area (Å²) >= 11 is 0. The van der Waals surface area contributed by atoms with E-state index >= 15 is 0 Å². The van der Waals surface area contributed by atoms with Crippen molar-refractivity contribution in [2.75, 3.05) is 7.11 Å². The normalized spacial score (nSPS) is 10.8. The Morgan fingerprint density at radius 3 is 2.75 bits per heavy atom. The second-order valence-corrected chi connectivity index (χ2v) is 6.29. The molecular formula is C21H19N5O2. The molecule has 4 aromatic rings. The fourth-order valence-corrected chi connectivity index (χ4v) is 3.19. The quantitative estimate of drug-likeness (QED) is 0.582. The maximum Gasteiger partial charge on any atom is 0.251 e. The van der Waals surface area contributed by atoms with Crippen molar-refractivity contribution in [1.29, 1.82) is 0 Å². The maximum absolute atomic E-state index is 12.7. The predicted octanol–water partition coefficient (Wildman–Crippen LogP) is 2.97. The van der Waals surface area contributed by atoms with Gasteiger partial charge in [0, 0.05) is 43.3 Å². The van der Waals surface area contributed by atoms with Crippen LogP contribution in [-0.4, -0.2) is 32.8 Å². The minimum Gasteiger partial charge on any atom is -0.481 e. The predicted molar refractivity (Wildman–Crippen MR) is 106 cm³/mol. The number of hydrogen-bond acceptors (Lipinski definition) is 5. The third-order valence-electron chi connectivity index (χ3n) is 4.52. The zero-order valence-corrected chi connectivity index (χ0v) is 15.6. The van der Waals surface area contributed by atoms with E-state index in [4.69, 9.17) is 4.74 Å². The third-order valence-corrected chi connectivity index (χ3v) is 4.52. The van der Waals surface area contributed by atoms with E-state index in [0.717, 1.165) is 22.2 Å². The summed E-state index contributed by atoms with van der Waals surface area (Å²) in [6, 6.07) is 13.0. The molecule has 28 heavy (non-hydrogen) atoms. The minimum atomic E-state index is -0.170. The first kappa shape index (κ1) is 17.7. The molecule has 0 saturated carbocycles. The van der Waals surface area contributed by atoms with Gasteiger partial charge in [-0.25, -0.2) is 4.68 Å². The van der Waals surface area contributed by atoms with Crippen LogP contribution in [0.1, 0.15) is 15.9 Å². The Hall–Kier alpha value is -3.74. The number of methoxy groups -OCH3 is 1. The highest BCUT2D eigenvalue weighted by atomic mass is 16.5. The summed E-state index contributed by atoms with van der Waals surface area (Å²) in [5, 5.41) is 8.23. The molecular weight excluding hydrogens is 354 g/mol. The zero-order valence-electron chi connectivity index (χ0n) is 15.6. The van der Waals surface area contributed by atoms with Gasteiger partial charge in [0.2, 0.25) is 5.88 Å². The fourth-order valence-electron chi connectivity index (χ4n) is 3.19. The van der Waals surface area contributed by atoms with Crippen LogP contribution in [0.5, 0.6) is 5.88 Å². The molecule has 0 radical (unpaired) electrons. The van der Waals surface area contributed by atoms with Crippen LogP contribution < -0.4 is 10.1 Å². The van der Waals surface area contributed by atoms with Crippen molar-refractivity contribution in [3.63, 3.8) is 0 Å². The van der Waals surface area contributed by atoms with E-state index in [2.05, 4.69) is 20.4 Å². The second-order valence-electron chi connectivity index (χ2n) is 6.29. The van der Waals surface area contributed by atoms with Crippen molar-refractivity contribution < 1.29 is 9.53 Å². The summed E-state index contributed by atoms with van der Waals surface area (Å²) in [6.45, 7) is 0.369. The highest BCUT2D eigenvalue weighted by Crippen LogP contribution is 2.25. The molecule has 7 nitrogen and oxygen atoms in total. The lowest BCUT2D eigenvalue weighted by Gasteiger charge is -2.10. The molecule has 3 heterocycles. The first-order valence-electron chi connectivity index (χ1n) is 8.80. The van der Waals surface area contributed by atoms with Crippen LogP contribution in [0.2, 0.25) is 0 Å². The average molecular weight is 373 g/mol. The first-order valence-corrected chi connectivity index (χ1v) is 8.80. The molecule has 1 aromatic carbocycles. The van der Waals surface area contributed by atoms with Crippen LogP contribution in [0.25, 0.3) is 22.2 Å². The van der Waals surface area contributed by atoms with Gasteiger partial charge in [0.15, 0.2) is 0 Å². The number of aromatic nitrogens is 4.